The Morgan fingerprint density at radius 1 is 1.19 bits per heavy atom. The van der Waals surface area contributed by atoms with Crippen LogP contribution in [0.2, 0.25) is 0 Å². The third-order valence-electron chi connectivity index (χ3n) is 3.86. The van der Waals surface area contributed by atoms with E-state index in [2.05, 4.69) is 5.43 Å². The third-order valence-corrected chi connectivity index (χ3v) is 4.76. The van der Waals surface area contributed by atoms with Gasteiger partial charge in [-0.3, -0.25) is 29.8 Å². The molecule has 0 bridgehead atoms. The van der Waals surface area contributed by atoms with Crippen LogP contribution in [0.25, 0.3) is 10.6 Å². The Balaban J connectivity index is 1.93. The van der Waals surface area contributed by atoms with Crippen LogP contribution in [-0.4, -0.2) is 26.6 Å². The maximum absolute atomic E-state index is 12.6. The summed E-state index contributed by atoms with van der Waals surface area (Å²) in [6, 6.07) is 12.7. The van der Waals surface area contributed by atoms with Crippen molar-refractivity contribution in [2.45, 2.75) is 12.8 Å². The van der Waals surface area contributed by atoms with Crippen molar-refractivity contribution in [3.63, 3.8) is 0 Å². The number of hydrogen-bond acceptors (Lipinski definition) is 5. The number of nitrogens with one attached hydrogen (secondary N) is 1. The lowest BCUT2D eigenvalue weighted by atomic mass is 10.2. The van der Waals surface area contributed by atoms with E-state index in [0.29, 0.717) is 11.4 Å². The van der Waals surface area contributed by atoms with E-state index in [1.54, 1.807) is 12.1 Å². The molecule has 0 aliphatic heterocycles. The number of carbonyl (C=O) groups excluding carboxylic acids is 1. The topological polar surface area (TPSA) is 114 Å². The van der Waals surface area contributed by atoms with Gasteiger partial charge in [0.1, 0.15) is 0 Å². The largest absolute Gasteiger partial charge is 0.481 e. The average Bonchev–Trinajstić information content (AvgIpc) is 3.29. The molecule has 0 fully saturated rings. The van der Waals surface area contributed by atoms with Gasteiger partial charge in [-0.1, -0.05) is 12.1 Å². The molecule has 0 aliphatic carbocycles. The molecule has 2 aromatic heterocycles. The van der Waals surface area contributed by atoms with Gasteiger partial charge in [0.05, 0.1) is 21.9 Å². The van der Waals surface area contributed by atoms with E-state index in [1.165, 1.54) is 40.3 Å². The van der Waals surface area contributed by atoms with Crippen LogP contribution >= 0.6 is 11.3 Å². The number of nitro groups is 1. The van der Waals surface area contributed by atoms with Crippen molar-refractivity contribution in [1.82, 2.24) is 4.68 Å². The zero-order chi connectivity index (χ0) is 19.4. The molecular formula is C18H15N3O5S. The second kappa shape index (κ2) is 7.83. The number of non-ortho nitro benzene ring substituents is 1. The van der Waals surface area contributed by atoms with Crippen molar-refractivity contribution in [3.8, 4) is 10.6 Å². The lowest BCUT2D eigenvalue weighted by Gasteiger charge is -2.14. The number of nitrogens with zero attached hydrogens (tertiary/aromatic N) is 2. The van der Waals surface area contributed by atoms with Crippen LogP contribution in [0.4, 0.5) is 5.69 Å². The van der Waals surface area contributed by atoms with Gasteiger partial charge in [-0.2, -0.15) is 0 Å². The second-order valence-electron chi connectivity index (χ2n) is 5.66. The molecule has 0 saturated heterocycles. The van der Waals surface area contributed by atoms with E-state index in [9.17, 15) is 19.7 Å². The van der Waals surface area contributed by atoms with Crippen LogP contribution in [0.3, 0.4) is 0 Å². The minimum absolute atomic E-state index is 0.0828. The molecule has 0 atom stereocenters. The SMILES string of the molecule is O=C(O)CCc1ccc(-c2cccs2)n1NC(=O)c1cccc([N+](=O)[O-])c1. The molecule has 0 saturated carbocycles. The molecule has 27 heavy (non-hydrogen) atoms. The Labute approximate surface area is 157 Å². The minimum atomic E-state index is -0.939. The molecular weight excluding hydrogens is 370 g/mol. The molecule has 8 nitrogen and oxygen atoms in total. The zero-order valence-electron chi connectivity index (χ0n) is 14.0. The van der Waals surface area contributed by atoms with Crippen LogP contribution in [0.5, 0.6) is 0 Å². The number of aliphatic carboxylic acids is 1. The average molecular weight is 385 g/mol. The maximum atomic E-state index is 12.6. The quantitative estimate of drug-likeness (QED) is 0.477. The number of amides is 1. The highest BCUT2D eigenvalue weighted by Gasteiger charge is 2.17. The molecule has 2 N–H and O–H groups in total. The predicted molar refractivity (Wildman–Crippen MR) is 100 cm³/mol. The summed E-state index contributed by atoms with van der Waals surface area (Å²) in [6.45, 7) is 0. The van der Waals surface area contributed by atoms with Gasteiger partial charge in [-0.15, -0.1) is 11.3 Å². The predicted octanol–water partition coefficient (Wildman–Crippen LogP) is 3.53. The summed E-state index contributed by atoms with van der Waals surface area (Å²) in [5, 5.41) is 21.8. The van der Waals surface area contributed by atoms with E-state index in [1.807, 2.05) is 17.5 Å². The van der Waals surface area contributed by atoms with Gasteiger partial charge < -0.3 is 5.11 Å². The summed E-state index contributed by atoms with van der Waals surface area (Å²) in [5.41, 5.74) is 4.02. The number of thiophene rings is 1. The normalized spacial score (nSPS) is 10.5. The Hall–Kier alpha value is -3.46. The number of benzene rings is 1. The Morgan fingerprint density at radius 3 is 2.67 bits per heavy atom. The summed E-state index contributed by atoms with van der Waals surface area (Å²) in [4.78, 5) is 34.8. The molecule has 1 aromatic carbocycles. The van der Waals surface area contributed by atoms with Crippen molar-refractivity contribution >= 4 is 28.9 Å². The van der Waals surface area contributed by atoms with Gasteiger partial charge in [-0.05, 0) is 29.6 Å². The van der Waals surface area contributed by atoms with Crippen LogP contribution in [0, 0.1) is 10.1 Å². The molecule has 0 radical (unpaired) electrons. The molecule has 9 heteroatoms. The standard InChI is InChI=1S/C18H15N3O5S/c22-17(23)9-7-13-6-8-15(16-5-2-10-27-16)20(13)19-18(24)12-3-1-4-14(11-12)21(25)26/h1-6,8,10-11H,7,9H2,(H,19,24)(H,22,23). The van der Waals surface area contributed by atoms with Gasteiger partial charge in [0.2, 0.25) is 0 Å². The highest BCUT2D eigenvalue weighted by Crippen LogP contribution is 2.27. The molecule has 2 heterocycles. The number of aryl methyl sites for hydroxylation is 1. The molecule has 0 aliphatic rings. The number of rotatable bonds is 7. The Kier molecular flexibility index (Phi) is 5.32. The highest BCUT2D eigenvalue weighted by atomic mass is 32.1. The van der Waals surface area contributed by atoms with Gasteiger partial charge in [-0.25, -0.2) is 0 Å². The van der Waals surface area contributed by atoms with E-state index < -0.39 is 16.8 Å². The molecule has 0 spiro atoms. The number of nitro benzene ring substituents is 1. The zero-order valence-corrected chi connectivity index (χ0v) is 14.8. The number of carboxylic acids is 1. The van der Waals surface area contributed by atoms with Crippen molar-refractivity contribution in [2.24, 2.45) is 0 Å². The van der Waals surface area contributed by atoms with Gasteiger partial charge >= 0.3 is 5.97 Å². The summed E-state index contributed by atoms with van der Waals surface area (Å²) in [7, 11) is 0. The highest BCUT2D eigenvalue weighted by molar-refractivity contribution is 7.13. The molecule has 138 valence electrons. The Bertz CT molecular complexity index is 994. The van der Waals surface area contributed by atoms with Crippen molar-refractivity contribution in [2.75, 3.05) is 5.43 Å². The lowest BCUT2D eigenvalue weighted by Crippen LogP contribution is -2.25. The first-order valence-electron chi connectivity index (χ1n) is 7.98. The molecule has 1 amide bonds. The van der Waals surface area contributed by atoms with Crippen molar-refractivity contribution in [1.29, 1.82) is 0 Å². The van der Waals surface area contributed by atoms with Crippen LogP contribution < -0.4 is 5.43 Å². The maximum Gasteiger partial charge on any atom is 0.303 e. The second-order valence-corrected chi connectivity index (χ2v) is 6.61. The Morgan fingerprint density at radius 2 is 2.00 bits per heavy atom. The van der Waals surface area contributed by atoms with E-state index >= 15 is 0 Å². The summed E-state index contributed by atoms with van der Waals surface area (Å²) in [5.74, 6) is -1.46. The molecule has 0 unspecified atom stereocenters. The van der Waals surface area contributed by atoms with Crippen LogP contribution in [0.15, 0.2) is 53.9 Å². The first kappa shape index (κ1) is 18.3. The first-order valence-corrected chi connectivity index (χ1v) is 8.86. The monoisotopic (exact) mass is 385 g/mol. The van der Waals surface area contributed by atoms with E-state index in [-0.39, 0.29) is 24.1 Å². The summed E-state index contributed by atoms with van der Waals surface area (Å²) < 4.78 is 1.54. The minimum Gasteiger partial charge on any atom is -0.481 e. The smallest absolute Gasteiger partial charge is 0.303 e. The number of carboxylic acid groups (broad SMARTS) is 1. The van der Waals surface area contributed by atoms with Crippen LogP contribution in [0.1, 0.15) is 22.5 Å². The lowest BCUT2D eigenvalue weighted by molar-refractivity contribution is -0.384. The number of carbonyl (C=O) groups is 2. The summed E-state index contributed by atoms with van der Waals surface area (Å²) in [6.07, 6.45) is 0.149. The van der Waals surface area contributed by atoms with Crippen molar-refractivity contribution in [3.05, 3.63) is 75.3 Å². The fourth-order valence-electron chi connectivity index (χ4n) is 2.58. The summed E-state index contributed by atoms with van der Waals surface area (Å²) >= 11 is 1.48. The van der Waals surface area contributed by atoms with Gasteiger partial charge in [0.25, 0.3) is 11.6 Å². The number of hydrogen-bond donors (Lipinski definition) is 2. The number of aromatic nitrogens is 1. The van der Waals surface area contributed by atoms with E-state index in [4.69, 9.17) is 5.11 Å². The van der Waals surface area contributed by atoms with Gasteiger partial charge in [0.15, 0.2) is 0 Å². The van der Waals surface area contributed by atoms with E-state index in [0.717, 1.165) is 4.88 Å². The fourth-order valence-corrected chi connectivity index (χ4v) is 3.33. The van der Waals surface area contributed by atoms with Gasteiger partial charge in [0, 0.05) is 29.8 Å². The fraction of sp³-hybridized carbons (Fsp3) is 0.111. The van der Waals surface area contributed by atoms with Crippen LogP contribution in [-0.2, 0) is 11.2 Å². The third kappa shape index (κ3) is 4.21. The molecule has 3 aromatic rings. The van der Waals surface area contributed by atoms with Crippen molar-refractivity contribution < 1.29 is 19.6 Å². The molecule has 3 rings (SSSR count). The first-order chi connectivity index (χ1) is 13.0.